The van der Waals surface area contributed by atoms with Crippen molar-refractivity contribution >= 4 is 0 Å². The van der Waals surface area contributed by atoms with E-state index in [1.807, 2.05) is 13.2 Å². The van der Waals surface area contributed by atoms with Gasteiger partial charge in [-0.1, -0.05) is 6.92 Å². The Labute approximate surface area is 69.4 Å². The zero-order valence-electron chi connectivity index (χ0n) is 7.94. The van der Waals surface area contributed by atoms with E-state index in [-0.39, 0.29) is 0 Å². The molecule has 0 aliphatic carbocycles. The summed E-state index contributed by atoms with van der Waals surface area (Å²) in [6.07, 6.45) is 1.98. The predicted molar refractivity (Wildman–Crippen MR) is 49.1 cm³/mol. The lowest BCUT2D eigenvalue weighted by Gasteiger charge is -2.13. The molecule has 0 aliphatic rings. The third kappa shape index (κ3) is 5.88. The minimum absolute atomic E-state index is 1.02. The highest BCUT2D eigenvalue weighted by atomic mass is 15.3. The molecule has 3 heteroatoms. The van der Waals surface area contributed by atoms with Crippen LogP contribution in [0.15, 0.2) is 11.8 Å². The van der Waals surface area contributed by atoms with Gasteiger partial charge in [-0.25, -0.2) is 5.43 Å². The second-order valence-electron chi connectivity index (χ2n) is 2.72. The lowest BCUT2D eigenvalue weighted by molar-refractivity contribution is 0.382. The van der Waals surface area contributed by atoms with Crippen molar-refractivity contribution < 1.29 is 0 Å². The van der Waals surface area contributed by atoms with Crippen LogP contribution in [-0.4, -0.2) is 32.1 Å². The molecule has 11 heavy (non-hydrogen) atoms. The van der Waals surface area contributed by atoms with Gasteiger partial charge in [0.05, 0.1) is 0 Å². The van der Waals surface area contributed by atoms with Crippen LogP contribution in [0.1, 0.15) is 13.8 Å². The highest BCUT2D eigenvalue weighted by Gasteiger charge is 1.93. The monoisotopic (exact) mass is 157 g/mol. The molecular weight excluding hydrogens is 138 g/mol. The molecule has 0 heterocycles. The summed E-state index contributed by atoms with van der Waals surface area (Å²) in [5.41, 5.74) is 7.11. The molecule has 0 aromatic rings. The van der Waals surface area contributed by atoms with Crippen LogP contribution in [-0.2, 0) is 0 Å². The van der Waals surface area contributed by atoms with Gasteiger partial charge in [0.1, 0.15) is 0 Å². The highest BCUT2D eigenvalue weighted by molar-refractivity contribution is 4.98. The van der Waals surface area contributed by atoms with Crippen LogP contribution in [0.5, 0.6) is 0 Å². The molecule has 0 unspecified atom stereocenters. The van der Waals surface area contributed by atoms with E-state index in [2.05, 4.69) is 36.6 Å². The molecule has 0 radical (unpaired) electrons. The van der Waals surface area contributed by atoms with E-state index in [1.54, 1.807) is 0 Å². The van der Waals surface area contributed by atoms with Gasteiger partial charge in [-0.05, 0) is 26.1 Å². The molecule has 3 nitrogen and oxygen atoms in total. The second kappa shape index (κ2) is 6.19. The van der Waals surface area contributed by atoms with Crippen molar-refractivity contribution in [2.24, 2.45) is 0 Å². The van der Waals surface area contributed by atoms with Crippen molar-refractivity contribution in [3.05, 3.63) is 11.8 Å². The van der Waals surface area contributed by atoms with Gasteiger partial charge in [0.15, 0.2) is 0 Å². The standard InChI is InChI=1S/C8H19N3/c1-5-11(4)7-8(2)6-10-9-3/h6,9-10H,5,7H2,1-4H3/b8-6+. The molecular formula is C8H19N3. The van der Waals surface area contributed by atoms with Gasteiger partial charge in [-0.15, -0.1) is 0 Å². The topological polar surface area (TPSA) is 27.3 Å². The van der Waals surface area contributed by atoms with Gasteiger partial charge in [-0.2, -0.15) is 0 Å². The smallest absolute Gasteiger partial charge is 0.0204 e. The SMILES string of the molecule is CCN(C)C/C(C)=C/NNC. The fraction of sp³-hybridized carbons (Fsp3) is 0.750. The van der Waals surface area contributed by atoms with Crippen molar-refractivity contribution in [1.29, 1.82) is 0 Å². The molecule has 0 aliphatic heterocycles. The van der Waals surface area contributed by atoms with E-state index in [0.29, 0.717) is 0 Å². The van der Waals surface area contributed by atoms with Crippen molar-refractivity contribution in [3.8, 4) is 0 Å². The van der Waals surface area contributed by atoms with E-state index in [9.17, 15) is 0 Å². The highest BCUT2D eigenvalue weighted by Crippen LogP contribution is 1.92. The van der Waals surface area contributed by atoms with Crippen molar-refractivity contribution in [3.63, 3.8) is 0 Å². The molecule has 0 spiro atoms. The Morgan fingerprint density at radius 2 is 2.18 bits per heavy atom. The first-order valence-electron chi connectivity index (χ1n) is 3.97. The summed E-state index contributed by atoms with van der Waals surface area (Å²) in [5, 5.41) is 0. The fourth-order valence-electron chi connectivity index (χ4n) is 0.779. The summed E-state index contributed by atoms with van der Waals surface area (Å²) in [6, 6.07) is 0. The van der Waals surface area contributed by atoms with Crippen LogP contribution >= 0.6 is 0 Å². The number of rotatable bonds is 5. The Kier molecular flexibility index (Phi) is 5.88. The maximum absolute atomic E-state index is 2.94. The Balaban J connectivity index is 3.57. The lowest BCUT2D eigenvalue weighted by Crippen LogP contribution is -2.24. The number of hydrogen-bond donors (Lipinski definition) is 2. The molecule has 0 aromatic heterocycles. The van der Waals surface area contributed by atoms with Gasteiger partial charge < -0.3 is 10.3 Å². The third-order valence-corrected chi connectivity index (χ3v) is 1.52. The Hall–Kier alpha value is -0.540. The molecule has 0 rings (SSSR count). The van der Waals surface area contributed by atoms with Gasteiger partial charge in [0.2, 0.25) is 0 Å². The van der Waals surface area contributed by atoms with E-state index >= 15 is 0 Å². The van der Waals surface area contributed by atoms with Gasteiger partial charge >= 0.3 is 0 Å². The molecule has 0 aromatic carbocycles. The summed E-state index contributed by atoms with van der Waals surface area (Å²) in [6.45, 7) is 6.37. The van der Waals surface area contributed by atoms with E-state index in [4.69, 9.17) is 0 Å². The van der Waals surface area contributed by atoms with Crippen LogP contribution in [0.25, 0.3) is 0 Å². The minimum atomic E-state index is 1.02. The van der Waals surface area contributed by atoms with Crippen LogP contribution in [0.4, 0.5) is 0 Å². The number of hydrazine groups is 1. The average molecular weight is 157 g/mol. The Bertz CT molecular complexity index is 121. The molecule has 2 N–H and O–H groups in total. The average Bonchev–Trinajstić information content (AvgIpc) is 2.00. The summed E-state index contributed by atoms with van der Waals surface area (Å²) < 4.78 is 0. The first-order valence-corrected chi connectivity index (χ1v) is 3.97. The molecule has 0 saturated heterocycles. The molecule has 0 bridgehead atoms. The van der Waals surface area contributed by atoms with Crippen LogP contribution < -0.4 is 10.9 Å². The maximum atomic E-state index is 2.94. The molecule has 0 fully saturated rings. The normalized spacial score (nSPS) is 12.3. The minimum Gasteiger partial charge on any atom is -0.329 e. The third-order valence-electron chi connectivity index (χ3n) is 1.52. The lowest BCUT2D eigenvalue weighted by atomic mass is 10.3. The van der Waals surface area contributed by atoms with E-state index < -0.39 is 0 Å². The maximum Gasteiger partial charge on any atom is 0.0204 e. The van der Waals surface area contributed by atoms with Crippen LogP contribution in [0, 0.1) is 0 Å². The number of nitrogens with one attached hydrogen (secondary N) is 2. The van der Waals surface area contributed by atoms with E-state index in [1.165, 1.54) is 5.57 Å². The molecule has 0 atom stereocenters. The van der Waals surface area contributed by atoms with E-state index in [0.717, 1.165) is 13.1 Å². The van der Waals surface area contributed by atoms with Crippen LogP contribution in [0.2, 0.25) is 0 Å². The summed E-state index contributed by atoms with van der Waals surface area (Å²) in [4.78, 5) is 2.25. The number of nitrogens with zero attached hydrogens (tertiary/aromatic N) is 1. The Morgan fingerprint density at radius 3 is 2.64 bits per heavy atom. The molecule has 66 valence electrons. The Morgan fingerprint density at radius 1 is 1.55 bits per heavy atom. The van der Waals surface area contributed by atoms with Crippen molar-refractivity contribution in [2.45, 2.75) is 13.8 Å². The molecule has 0 saturated carbocycles. The zero-order valence-corrected chi connectivity index (χ0v) is 7.94. The number of hydrogen-bond acceptors (Lipinski definition) is 3. The van der Waals surface area contributed by atoms with Gasteiger partial charge in [0, 0.05) is 19.8 Å². The first kappa shape index (κ1) is 10.5. The first-order chi connectivity index (χ1) is 5.20. The fourth-order valence-corrected chi connectivity index (χ4v) is 0.779. The summed E-state index contributed by atoms with van der Waals surface area (Å²) in [5.74, 6) is 0. The number of likely N-dealkylation sites (N-methyl/N-ethyl adjacent to an activating group) is 1. The van der Waals surface area contributed by atoms with Crippen LogP contribution in [0.3, 0.4) is 0 Å². The van der Waals surface area contributed by atoms with Gasteiger partial charge in [0.25, 0.3) is 0 Å². The van der Waals surface area contributed by atoms with Gasteiger partial charge in [-0.3, -0.25) is 0 Å². The quantitative estimate of drug-likeness (QED) is 0.571. The second-order valence-corrected chi connectivity index (χ2v) is 2.72. The largest absolute Gasteiger partial charge is 0.329 e. The molecule has 0 amide bonds. The zero-order chi connectivity index (χ0) is 8.69. The summed E-state index contributed by atoms with van der Waals surface area (Å²) in [7, 11) is 3.96. The summed E-state index contributed by atoms with van der Waals surface area (Å²) >= 11 is 0. The van der Waals surface area contributed by atoms with Crippen molar-refractivity contribution in [2.75, 3.05) is 27.2 Å². The predicted octanol–water partition coefficient (Wildman–Crippen LogP) is 0.566. The van der Waals surface area contributed by atoms with Crippen molar-refractivity contribution in [1.82, 2.24) is 15.8 Å².